The van der Waals surface area contributed by atoms with Gasteiger partial charge in [-0.05, 0) is 6.92 Å². The molecule has 0 aromatic carbocycles. The molecule has 0 N–H and O–H groups in total. The Bertz CT molecular complexity index is 183. The van der Waals surface area contributed by atoms with Crippen LogP contribution >= 0.6 is 0 Å². The Hall–Kier alpha value is -0.830. The first-order valence-electron chi connectivity index (χ1n) is 2.74. The number of aryl methyl sites for hydroxylation is 1. The van der Waals surface area contributed by atoms with Gasteiger partial charge in [0.05, 0.1) is 5.69 Å². The van der Waals surface area contributed by atoms with Crippen molar-refractivity contribution in [3.8, 4) is 0 Å². The minimum atomic E-state index is 0. The fourth-order valence-corrected chi connectivity index (χ4v) is 0.627. The molecule has 0 amide bonds. The number of hydrogen-bond donors (Lipinski definition) is 0. The van der Waals surface area contributed by atoms with Gasteiger partial charge in [-0.3, -0.25) is 0 Å². The predicted molar refractivity (Wildman–Crippen MR) is 38.7 cm³/mol. The molecule has 0 aliphatic carbocycles. The van der Waals surface area contributed by atoms with Crippen molar-refractivity contribution in [1.29, 1.82) is 0 Å². The lowest BCUT2D eigenvalue weighted by atomic mass is 10.4. The molecule has 3 heteroatoms. The zero-order chi connectivity index (χ0) is 6.69. The molecule has 10 heavy (non-hydrogen) atoms. The summed E-state index contributed by atoms with van der Waals surface area (Å²) in [6.45, 7) is 2.38. The van der Waals surface area contributed by atoms with E-state index in [0.29, 0.717) is 6.61 Å². The molecule has 0 radical (unpaired) electrons. The summed E-state index contributed by atoms with van der Waals surface area (Å²) in [6, 6.07) is 1.85. The van der Waals surface area contributed by atoms with Crippen LogP contribution in [0.4, 0.5) is 0 Å². The van der Waals surface area contributed by atoms with Crippen LogP contribution in [-0.4, -0.2) is 12.3 Å². The zero-order valence-corrected chi connectivity index (χ0v) is 5.55. The normalized spacial score (nSPS) is 9.00. The highest BCUT2D eigenvalue weighted by atomic mass is 16.5. The van der Waals surface area contributed by atoms with Gasteiger partial charge in [-0.15, -0.1) is 0 Å². The third kappa shape index (κ3) is 2.19. The molecule has 1 heterocycles. The minimum Gasteiger partial charge on any atom is -0.377 e. The standard InChI is InChI=1S/C6H9NO2.CH4/c1-5-3-6(4-8-2)9-7-5;/h3H,4H2,1-2H3;1H4. The van der Waals surface area contributed by atoms with E-state index in [1.807, 2.05) is 13.0 Å². The highest BCUT2D eigenvalue weighted by Crippen LogP contribution is 2.01. The molecule has 0 atom stereocenters. The highest BCUT2D eigenvalue weighted by molar-refractivity contribution is 5.01. The Morgan fingerprint density at radius 1 is 1.70 bits per heavy atom. The van der Waals surface area contributed by atoms with Crippen molar-refractivity contribution >= 4 is 0 Å². The molecule has 0 saturated carbocycles. The Morgan fingerprint density at radius 2 is 2.40 bits per heavy atom. The van der Waals surface area contributed by atoms with Gasteiger partial charge < -0.3 is 9.26 Å². The van der Waals surface area contributed by atoms with Gasteiger partial charge in [0, 0.05) is 13.2 Å². The SMILES string of the molecule is C.COCc1cc(C)no1. The fraction of sp³-hybridized carbons (Fsp3) is 0.571. The zero-order valence-electron chi connectivity index (χ0n) is 5.55. The third-order valence-corrected chi connectivity index (χ3v) is 0.963. The van der Waals surface area contributed by atoms with Crippen molar-refractivity contribution in [1.82, 2.24) is 5.16 Å². The highest BCUT2D eigenvalue weighted by Gasteiger charge is 1.96. The smallest absolute Gasteiger partial charge is 0.162 e. The summed E-state index contributed by atoms with van der Waals surface area (Å²) in [7, 11) is 1.62. The summed E-state index contributed by atoms with van der Waals surface area (Å²) in [5.74, 6) is 0.773. The van der Waals surface area contributed by atoms with Crippen LogP contribution in [0.25, 0.3) is 0 Å². The van der Waals surface area contributed by atoms with Crippen LogP contribution in [0.1, 0.15) is 18.9 Å². The largest absolute Gasteiger partial charge is 0.377 e. The second-order valence-corrected chi connectivity index (χ2v) is 1.87. The lowest BCUT2D eigenvalue weighted by Crippen LogP contribution is -1.81. The van der Waals surface area contributed by atoms with E-state index in [0.717, 1.165) is 11.5 Å². The summed E-state index contributed by atoms with van der Waals surface area (Å²) in [4.78, 5) is 0. The first-order chi connectivity index (χ1) is 4.33. The molecule has 0 saturated heterocycles. The maximum Gasteiger partial charge on any atom is 0.162 e. The second-order valence-electron chi connectivity index (χ2n) is 1.87. The number of methoxy groups -OCH3 is 1. The van der Waals surface area contributed by atoms with Crippen molar-refractivity contribution < 1.29 is 9.26 Å². The number of ether oxygens (including phenoxy) is 1. The van der Waals surface area contributed by atoms with E-state index < -0.39 is 0 Å². The van der Waals surface area contributed by atoms with E-state index in [2.05, 4.69) is 5.16 Å². The molecule has 1 aromatic heterocycles. The maximum atomic E-state index is 4.83. The van der Waals surface area contributed by atoms with Crippen molar-refractivity contribution in [3.63, 3.8) is 0 Å². The van der Waals surface area contributed by atoms with Gasteiger partial charge in [0.2, 0.25) is 0 Å². The van der Waals surface area contributed by atoms with E-state index in [9.17, 15) is 0 Å². The van der Waals surface area contributed by atoms with Crippen molar-refractivity contribution in [3.05, 3.63) is 17.5 Å². The summed E-state index contributed by atoms with van der Waals surface area (Å²) in [5, 5.41) is 3.68. The summed E-state index contributed by atoms with van der Waals surface area (Å²) in [6.07, 6.45) is 0. The monoisotopic (exact) mass is 143 g/mol. The molecule has 58 valence electrons. The molecule has 0 aliphatic heterocycles. The molecular weight excluding hydrogens is 130 g/mol. The lowest BCUT2D eigenvalue weighted by Gasteiger charge is -1.86. The number of nitrogens with zero attached hydrogens (tertiary/aromatic N) is 1. The molecule has 0 unspecified atom stereocenters. The van der Waals surface area contributed by atoms with Crippen molar-refractivity contribution in [2.24, 2.45) is 0 Å². The van der Waals surface area contributed by atoms with Crippen LogP contribution in [0.15, 0.2) is 10.6 Å². The second kappa shape index (κ2) is 4.06. The Balaban J connectivity index is 0.000000810. The topological polar surface area (TPSA) is 35.3 Å². The lowest BCUT2D eigenvalue weighted by molar-refractivity contribution is 0.156. The molecule has 3 nitrogen and oxygen atoms in total. The Morgan fingerprint density at radius 3 is 2.80 bits per heavy atom. The Labute approximate surface area is 61.0 Å². The summed E-state index contributed by atoms with van der Waals surface area (Å²) < 4.78 is 9.64. The minimum absolute atomic E-state index is 0. The maximum absolute atomic E-state index is 4.83. The average molecular weight is 143 g/mol. The van der Waals surface area contributed by atoms with Crippen molar-refractivity contribution in [2.45, 2.75) is 21.0 Å². The third-order valence-electron chi connectivity index (χ3n) is 0.963. The fourth-order valence-electron chi connectivity index (χ4n) is 0.627. The van der Waals surface area contributed by atoms with E-state index >= 15 is 0 Å². The molecule has 0 bridgehead atoms. The molecule has 0 spiro atoms. The van der Waals surface area contributed by atoms with Crippen LogP contribution in [0.3, 0.4) is 0 Å². The molecule has 1 rings (SSSR count). The first-order valence-corrected chi connectivity index (χ1v) is 2.74. The van der Waals surface area contributed by atoms with Crippen molar-refractivity contribution in [2.75, 3.05) is 7.11 Å². The van der Waals surface area contributed by atoms with Crippen LogP contribution in [0, 0.1) is 6.92 Å². The van der Waals surface area contributed by atoms with Gasteiger partial charge in [0.25, 0.3) is 0 Å². The van der Waals surface area contributed by atoms with E-state index in [4.69, 9.17) is 9.26 Å². The van der Waals surface area contributed by atoms with Gasteiger partial charge in [0.15, 0.2) is 5.76 Å². The van der Waals surface area contributed by atoms with Crippen LogP contribution in [0.5, 0.6) is 0 Å². The van der Waals surface area contributed by atoms with Gasteiger partial charge in [-0.1, -0.05) is 12.6 Å². The molecule has 1 aromatic rings. The number of rotatable bonds is 2. The Kier molecular flexibility index (Phi) is 3.72. The van der Waals surface area contributed by atoms with Crippen LogP contribution in [0.2, 0.25) is 0 Å². The predicted octanol–water partition coefficient (Wildman–Crippen LogP) is 1.77. The number of aromatic nitrogens is 1. The van der Waals surface area contributed by atoms with Gasteiger partial charge in [-0.2, -0.15) is 0 Å². The summed E-state index contributed by atoms with van der Waals surface area (Å²) in [5.41, 5.74) is 0.891. The average Bonchev–Trinajstić information content (AvgIpc) is 2.17. The first kappa shape index (κ1) is 9.17. The molecular formula is C7H13NO2. The van der Waals surface area contributed by atoms with E-state index in [1.165, 1.54) is 0 Å². The van der Waals surface area contributed by atoms with E-state index in [1.54, 1.807) is 7.11 Å². The molecule has 0 aliphatic rings. The number of hydrogen-bond acceptors (Lipinski definition) is 3. The van der Waals surface area contributed by atoms with Crippen LogP contribution < -0.4 is 0 Å². The van der Waals surface area contributed by atoms with Gasteiger partial charge in [-0.25, -0.2) is 0 Å². The summed E-state index contributed by atoms with van der Waals surface area (Å²) >= 11 is 0. The van der Waals surface area contributed by atoms with Gasteiger partial charge in [0.1, 0.15) is 6.61 Å². The van der Waals surface area contributed by atoms with Gasteiger partial charge >= 0.3 is 0 Å². The van der Waals surface area contributed by atoms with E-state index in [-0.39, 0.29) is 7.43 Å². The molecule has 0 fully saturated rings. The van der Waals surface area contributed by atoms with Crippen LogP contribution in [-0.2, 0) is 11.3 Å². The quantitative estimate of drug-likeness (QED) is 0.632.